The molecule has 0 aliphatic carbocycles. The smallest absolute Gasteiger partial charge is 0.335 e. The van der Waals surface area contributed by atoms with Gasteiger partial charge in [0, 0.05) is 23.7 Å². The van der Waals surface area contributed by atoms with Gasteiger partial charge >= 0.3 is 5.97 Å². The molecule has 3 rings (SSSR count). The monoisotopic (exact) mass is 284 g/mol. The lowest BCUT2D eigenvalue weighted by Gasteiger charge is -2.03. The van der Waals surface area contributed by atoms with Crippen molar-refractivity contribution in [2.75, 3.05) is 0 Å². The van der Waals surface area contributed by atoms with E-state index >= 15 is 0 Å². The quantitative estimate of drug-likeness (QED) is 0.581. The van der Waals surface area contributed by atoms with E-state index < -0.39 is 10.9 Å². The van der Waals surface area contributed by atoms with Gasteiger partial charge in [0.15, 0.2) is 5.82 Å². The predicted molar refractivity (Wildman–Crippen MR) is 72.5 cm³/mol. The van der Waals surface area contributed by atoms with Gasteiger partial charge in [-0.1, -0.05) is 0 Å². The number of fused-ring (bicyclic) bond motifs is 1. The van der Waals surface area contributed by atoms with Crippen LogP contribution in [0.1, 0.15) is 10.4 Å². The van der Waals surface area contributed by atoms with Crippen molar-refractivity contribution in [3.8, 4) is 5.82 Å². The van der Waals surface area contributed by atoms with Gasteiger partial charge in [0.05, 0.1) is 22.2 Å². The average Bonchev–Trinajstić information content (AvgIpc) is 2.90. The Bertz CT molecular complexity index is 871. The standard InChI is InChI=1S/C13H8N4O4/c18-13(19)8-3-4-14-12(5-8)16-11-6-10(17(20)21)2-1-9(11)7-15-16/h1-7H,(H,18,19). The van der Waals surface area contributed by atoms with Crippen molar-refractivity contribution in [2.24, 2.45) is 0 Å². The third-order valence-electron chi connectivity index (χ3n) is 2.97. The fourth-order valence-electron chi connectivity index (χ4n) is 1.97. The first kappa shape index (κ1) is 12.7. The summed E-state index contributed by atoms with van der Waals surface area (Å²) in [7, 11) is 0. The lowest BCUT2D eigenvalue weighted by molar-refractivity contribution is -0.384. The highest BCUT2D eigenvalue weighted by Gasteiger charge is 2.13. The van der Waals surface area contributed by atoms with Gasteiger partial charge in [-0.15, -0.1) is 0 Å². The van der Waals surface area contributed by atoms with Crippen molar-refractivity contribution in [3.05, 3.63) is 58.4 Å². The molecule has 8 heteroatoms. The number of aromatic nitrogens is 3. The van der Waals surface area contributed by atoms with Crippen LogP contribution in [-0.2, 0) is 0 Å². The zero-order valence-electron chi connectivity index (χ0n) is 10.5. The summed E-state index contributed by atoms with van der Waals surface area (Å²) in [6, 6.07) is 7.05. The maximum Gasteiger partial charge on any atom is 0.335 e. The fraction of sp³-hybridized carbons (Fsp3) is 0. The normalized spacial score (nSPS) is 10.7. The lowest BCUT2D eigenvalue weighted by atomic mass is 10.2. The number of carboxylic acids is 1. The lowest BCUT2D eigenvalue weighted by Crippen LogP contribution is -2.03. The molecule has 0 amide bonds. The highest BCUT2D eigenvalue weighted by atomic mass is 16.6. The summed E-state index contributed by atoms with van der Waals surface area (Å²) >= 11 is 0. The van der Waals surface area contributed by atoms with E-state index in [-0.39, 0.29) is 17.1 Å². The number of benzene rings is 1. The number of carbonyl (C=O) groups is 1. The molecule has 0 saturated carbocycles. The van der Waals surface area contributed by atoms with Crippen LogP contribution in [0.15, 0.2) is 42.7 Å². The van der Waals surface area contributed by atoms with Gasteiger partial charge in [-0.2, -0.15) is 5.10 Å². The number of non-ortho nitro benzene ring substituents is 1. The van der Waals surface area contributed by atoms with E-state index in [9.17, 15) is 14.9 Å². The Morgan fingerprint density at radius 3 is 2.81 bits per heavy atom. The molecule has 2 aromatic heterocycles. The minimum Gasteiger partial charge on any atom is -0.478 e. The number of carboxylic acid groups (broad SMARTS) is 1. The molecule has 2 heterocycles. The molecule has 3 aromatic rings. The van der Waals surface area contributed by atoms with Gasteiger partial charge in [-0.05, 0) is 18.2 Å². The van der Waals surface area contributed by atoms with Crippen LogP contribution in [0.5, 0.6) is 0 Å². The van der Waals surface area contributed by atoms with Crippen LogP contribution in [0.4, 0.5) is 5.69 Å². The van der Waals surface area contributed by atoms with Crippen LogP contribution in [-0.4, -0.2) is 30.8 Å². The third kappa shape index (κ3) is 2.18. The number of pyridine rings is 1. The molecule has 0 atom stereocenters. The van der Waals surface area contributed by atoms with Gasteiger partial charge in [-0.3, -0.25) is 10.1 Å². The number of hydrogen-bond acceptors (Lipinski definition) is 5. The van der Waals surface area contributed by atoms with Crippen LogP contribution >= 0.6 is 0 Å². The molecule has 0 unspecified atom stereocenters. The molecule has 104 valence electrons. The van der Waals surface area contributed by atoms with Crippen molar-refractivity contribution in [3.63, 3.8) is 0 Å². The van der Waals surface area contributed by atoms with Gasteiger partial charge in [-0.25, -0.2) is 14.5 Å². The summed E-state index contributed by atoms with van der Waals surface area (Å²) in [5, 5.41) is 24.6. The Morgan fingerprint density at radius 1 is 1.29 bits per heavy atom. The van der Waals surface area contributed by atoms with Crippen LogP contribution in [0.25, 0.3) is 16.7 Å². The highest BCUT2D eigenvalue weighted by molar-refractivity contribution is 5.88. The van der Waals surface area contributed by atoms with Crippen LogP contribution in [0.3, 0.4) is 0 Å². The molecule has 1 N–H and O–H groups in total. The molecule has 0 aliphatic heterocycles. The molecule has 0 fully saturated rings. The molecule has 21 heavy (non-hydrogen) atoms. The number of aromatic carboxylic acids is 1. The largest absolute Gasteiger partial charge is 0.478 e. The number of nitro groups is 1. The summed E-state index contributed by atoms with van der Waals surface area (Å²) in [5.74, 6) is -0.800. The molecule has 8 nitrogen and oxygen atoms in total. The second-order valence-electron chi connectivity index (χ2n) is 4.26. The average molecular weight is 284 g/mol. The maximum absolute atomic E-state index is 11.0. The van der Waals surface area contributed by atoms with Crippen LogP contribution in [0, 0.1) is 10.1 Å². The van der Waals surface area contributed by atoms with Crippen molar-refractivity contribution >= 4 is 22.6 Å². The van der Waals surface area contributed by atoms with E-state index in [2.05, 4.69) is 10.1 Å². The van der Waals surface area contributed by atoms with E-state index in [1.54, 1.807) is 6.07 Å². The molecule has 0 bridgehead atoms. The Hall–Kier alpha value is -3.29. The second-order valence-corrected chi connectivity index (χ2v) is 4.26. The minimum absolute atomic E-state index is 0.0640. The Morgan fingerprint density at radius 2 is 2.10 bits per heavy atom. The summed E-state index contributed by atoms with van der Waals surface area (Å²) in [4.78, 5) is 25.4. The predicted octanol–water partition coefficient (Wildman–Crippen LogP) is 2.03. The Labute approximate surface area is 117 Å². The second kappa shape index (κ2) is 4.67. The van der Waals surface area contributed by atoms with Crippen molar-refractivity contribution in [1.29, 1.82) is 0 Å². The number of hydrogen-bond donors (Lipinski definition) is 1. The first-order valence-electron chi connectivity index (χ1n) is 5.88. The minimum atomic E-state index is -1.08. The zero-order valence-corrected chi connectivity index (χ0v) is 10.5. The molecule has 0 spiro atoms. The molecular weight excluding hydrogens is 276 g/mol. The van der Waals surface area contributed by atoms with Gasteiger partial charge in [0.25, 0.3) is 5.69 Å². The Balaban J connectivity index is 2.20. The van der Waals surface area contributed by atoms with Crippen molar-refractivity contribution in [2.45, 2.75) is 0 Å². The third-order valence-corrected chi connectivity index (χ3v) is 2.97. The van der Waals surface area contributed by atoms with E-state index in [0.717, 1.165) is 0 Å². The molecule has 0 saturated heterocycles. The van der Waals surface area contributed by atoms with Gasteiger partial charge < -0.3 is 5.11 Å². The summed E-state index contributed by atoms with van der Waals surface area (Å²) < 4.78 is 1.37. The molecular formula is C13H8N4O4. The molecule has 0 aliphatic rings. The topological polar surface area (TPSA) is 111 Å². The summed E-state index contributed by atoms with van der Waals surface area (Å²) in [6.45, 7) is 0. The van der Waals surface area contributed by atoms with E-state index in [4.69, 9.17) is 5.11 Å². The van der Waals surface area contributed by atoms with Gasteiger partial charge in [0.2, 0.25) is 0 Å². The highest BCUT2D eigenvalue weighted by Crippen LogP contribution is 2.22. The zero-order chi connectivity index (χ0) is 15.0. The van der Waals surface area contributed by atoms with Crippen molar-refractivity contribution < 1.29 is 14.8 Å². The maximum atomic E-state index is 11.0. The van der Waals surface area contributed by atoms with Crippen LogP contribution < -0.4 is 0 Å². The molecule has 0 radical (unpaired) electrons. The fourth-order valence-corrected chi connectivity index (χ4v) is 1.97. The summed E-state index contributed by atoms with van der Waals surface area (Å²) in [6.07, 6.45) is 2.89. The van der Waals surface area contributed by atoms with E-state index in [1.807, 2.05) is 0 Å². The number of rotatable bonds is 3. The van der Waals surface area contributed by atoms with Crippen molar-refractivity contribution in [1.82, 2.24) is 14.8 Å². The first-order valence-corrected chi connectivity index (χ1v) is 5.88. The SMILES string of the molecule is O=C(O)c1ccnc(-n2ncc3ccc([N+](=O)[O-])cc32)c1. The number of nitro benzene ring substituents is 1. The first-order chi connectivity index (χ1) is 10.1. The van der Waals surface area contributed by atoms with Crippen LogP contribution in [0.2, 0.25) is 0 Å². The summed E-state index contributed by atoms with van der Waals surface area (Å²) in [5.41, 5.74) is 0.479. The molecule has 1 aromatic carbocycles. The van der Waals surface area contributed by atoms with E-state index in [1.165, 1.54) is 41.3 Å². The Kier molecular flexibility index (Phi) is 2.83. The van der Waals surface area contributed by atoms with Gasteiger partial charge in [0.1, 0.15) is 0 Å². The number of nitrogens with zero attached hydrogens (tertiary/aromatic N) is 4. The van der Waals surface area contributed by atoms with E-state index in [0.29, 0.717) is 10.9 Å².